The molecule has 1 saturated carbocycles. The molecular weight excluding hydrogens is 426 g/mol. The molecule has 9 nitrogen and oxygen atoms in total. The van der Waals surface area contributed by atoms with E-state index in [1.165, 1.54) is 4.90 Å². The third-order valence-electron chi connectivity index (χ3n) is 5.47. The normalized spacial score (nSPS) is 25.1. The molecule has 2 amide bonds. The number of piperidine rings is 1. The number of nitro benzene ring substituents is 1. The Labute approximate surface area is 184 Å². The van der Waals surface area contributed by atoms with Crippen LogP contribution in [0.5, 0.6) is 0 Å². The van der Waals surface area contributed by atoms with Crippen molar-refractivity contribution in [3.8, 4) is 0 Å². The molecule has 176 valence electrons. The summed E-state index contributed by atoms with van der Waals surface area (Å²) in [5, 5.41) is 16.7. The number of carbonyl (C=O) groups excluding carboxylic acids is 2. The Bertz CT molecular complexity index is 920. The lowest BCUT2D eigenvalue weighted by molar-refractivity contribution is -0.384. The fourth-order valence-electron chi connectivity index (χ4n) is 3.52. The Morgan fingerprint density at radius 3 is 2.50 bits per heavy atom. The topological polar surface area (TPSA) is 114 Å². The van der Waals surface area contributed by atoms with Crippen LogP contribution in [0, 0.1) is 21.8 Å². The monoisotopic (exact) mass is 454 g/mol. The van der Waals surface area contributed by atoms with Crippen LogP contribution in [0.15, 0.2) is 12.1 Å². The van der Waals surface area contributed by atoms with E-state index in [2.05, 4.69) is 10.6 Å². The number of nitrogens with zero attached hydrogens (tertiary/aromatic N) is 2. The van der Waals surface area contributed by atoms with Crippen molar-refractivity contribution < 1.29 is 28.0 Å². The first kappa shape index (κ1) is 23.7. The number of nitrogens with one attached hydrogen (secondary N) is 2. The first-order chi connectivity index (χ1) is 14.9. The third kappa shape index (κ3) is 5.63. The van der Waals surface area contributed by atoms with Crippen molar-refractivity contribution in [1.29, 1.82) is 0 Å². The third-order valence-corrected chi connectivity index (χ3v) is 5.47. The maximum Gasteiger partial charge on any atom is 0.410 e. The molecule has 2 fully saturated rings. The number of hydrogen-bond acceptors (Lipinski definition) is 6. The van der Waals surface area contributed by atoms with Crippen molar-refractivity contribution in [3.63, 3.8) is 0 Å². The van der Waals surface area contributed by atoms with Crippen molar-refractivity contribution in [2.24, 2.45) is 5.92 Å². The number of hydrogen-bond donors (Lipinski definition) is 2. The van der Waals surface area contributed by atoms with E-state index in [9.17, 15) is 28.5 Å². The first-order valence-electron chi connectivity index (χ1n) is 10.5. The van der Waals surface area contributed by atoms with Gasteiger partial charge in [0.05, 0.1) is 16.5 Å². The highest BCUT2D eigenvalue weighted by molar-refractivity contribution is 5.96. The van der Waals surface area contributed by atoms with E-state index in [0.29, 0.717) is 5.92 Å². The number of likely N-dealkylation sites (tertiary alicyclic amines) is 1. The second kappa shape index (κ2) is 8.87. The van der Waals surface area contributed by atoms with E-state index >= 15 is 0 Å². The zero-order valence-corrected chi connectivity index (χ0v) is 18.5. The van der Waals surface area contributed by atoms with Gasteiger partial charge in [0, 0.05) is 31.3 Å². The van der Waals surface area contributed by atoms with Crippen molar-refractivity contribution >= 4 is 23.4 Å². The summed E-state index contributed by atoms with van der Waals surface area (Å²) in [5.74, 6) is -1.63. The van der Waals surface area contributed by atoms with Crippen molar-refractivity contribution in [1.82, 2.24) is 10.2 Å². The van der Waals surface area contributed by atoms with Crippen molar-refractivity contribution in [2.75, 3.05) is 18.4 Å². The van der Waals surface area contributed by atoms with E-state index in [-0.39, 0.29) is 31.2 Å². The van der Waals surface area contributed by atoms with Gasteiger partial charge in [0.15, 0.2) is 0 Å². The molecule has 1 saturated heterocycles. The standard InChI is InChI=1S/C21H28F2N4O5/c1-11-7-15(11)24-16-9-14(23)12(8-18(16)27(30)31)19(28)25-17-10-26(6-5-13(17)22)20(29)32-21(2,3)4/h8-9,11,13,15,17,24H,5-7,10H2,1-4H3,(H,25,28)/t11-,13-,15-,17-/m0/s1. The van der Waals surface area contributed by atoms with E-state index < -0.39 is 51.8 Å². The molecule has 3 rings (SSSR count). The van der Waals surface area contributed by atoms with Gasteiger partial charge in [-0.3, -0.25) is 14.9 Å². The van der Waals surface area contributed by atoms with Crippen molar-refractivity contribution in [3.05, 3.63) is 33.6 Å². The minimum absolute atomic E-state index is 0.00413. The summed E-state index contributed by atoms with van der Waals surface area (Å²) in [6, 6.07) is 0.675. The molecule has 2 N–H and O–H groups in total. The predicted octanol–water partition coefficient (Wildman–Crippen LogP) is 3.63. The molecular formula is C21H28F2N4O5. The lowest BCUT2D eigenvalue weighted by atomic mass is 10.0. The molecule has 1 aromatic rings. The smallest absolute Gasteiger partial charge is 0.410 e. The molecule has 11 heteroatoms. The van der Waals surface area contributed by atoms with Crippen LogP contribution < -0.4 is 10.6 Å². The molecule has 0 spiro atoms. The average molecular weight is 454 g/mol. The molecule has 1 aromatic carbocycles. The fourth-order valence-corrected chi connectivity index (χ4v) is 3.52. The van der Waals surface area contributed by atoms with E-state index in [0.717, 1.165) is 18.6 Å². The Kier molecular flexibility index (Phi) is 6.56. The molecule has 1 heterocycles. The largest absolute Gasteiger partial charge is 0.444 e. The molecule has 4 atom stereocenters. The summed E-state index contributed by atoms with van der Waals surface area (Å²) >= 11 is 0. The first-order valence-corrected chi connectivity index (χ1v) is 10.5. The molecule has 0 radical (unpaired) electrons. The second-order valence-electron chi connectivity index (χ2n) is 9.38. The lowest BCUT2D eigenvalue weighted by Crippen LogP contribution is -2.55. The number of amides is 2. The van der Waals surface area contributed by atoms with E-state index in [1.54, 1.807) is 20.8 Å². The molecule has 2 aliphatic rings. The van der Waals surface area contributed by atoms with Crippen LogP contribution in [0.4, 0.5) is 25.0 Å². The highest BCUT2D eigenvalue weighted by Crippen LogP contribution is 2.36. The molecule has 1 aliphatic carbocycles. The highest BCUT2D eigenvalue weighted by atomic mass is 19.1. The summed E-state index contributed by atoms with van der Waals surface area (Å²) in [6.07, 6.45) is -1.33. The van der Waals surface area contributed by atoms with Gasteiger partial charge in [-0.15, -0.1) is 0 Å². The number of alkyl halides is 1. The summed E-state index contributed by atoms with van der Waals surface area (Å²) < 4.78 is 34.4. The SMILES string of the molecule is C[C@H]1C[C@@H]1Nc1cc(F)c(C(=O)N[C@H]2CN(C(=O)OC(C)(C)C)CC[C@@H]2F)cc1[N+](=O)[O-]. The summed E-state index contributed by atoms with van der Waals surface area (Å²) in [5.41, 5.74) is -1.74. The number of nitro groups is 1. The van der Waals surface area contributed by atoms with Crippen LogP contribution in [0.3, 0.4) is 0 Å². The van der Waals surface area contributed by atoms with E-state index in [4.69, 9.17) is 4.74 Å². The van der Waals surface area contributed by atoms with Crippen LogP contribution >= 0.6 is 0 Å². The predicted molar refractivity (Wildman–Crippen MR) is 113 cm³/mol. The van der Waals surface area contributed by atoms with Crippen LogP contribution in [0.2, 0.25) is 0 Å². The second-order valence-corrected chi connectivity index (χ2v) is 9.38. The van der Waals surface area contributed by atoms with Crippen LogP contribution in [-0.2, 0) is 4.74 Å². The van der Waals surface area contributed by atoms with Gasteiger partial charge in [-0.25, -0.2) is 13.6 Å². The Hall–Kier alpha value is -2.98. The van der Waals surface area contributed by atoms with Gasteiger partial charge in [0.2, 0.25) is 0 Å². The highest BCUT2D eigenvalue weighted by Gasteiger charge is 2.37. The van der Waals surface area contributed by atoms with Gasteiger partial charge in [-0.05, 0) is 39.5 Å². The zero-order chi connectivity index (χ0) is 23.8. The van der Waals surface area contributed by atoms with Crippen molar-refractivity contribution in [2.45, 2.75) is 64.4 Å². The molecule has 32 heavy (non-hydrogen) atoms. The minimum atomic E-state index is -1.46. The molecule has 0 unspecified atom stereocenters. The van der Waals surface area contributed by atoms with Gasteiger partial charge in [-0.2, -0.15) is 0 Å². The maximum atomic E-state index is 14.7. The lowest BCUT2D eigenvalue weighted by Gasteiger charge is -2.36. The van der Waals surface area contributed by atoms with Crippen LogP contribution in [-0.4, -0.2) is 58.8 Å². The summed E-state index contributed by atoms with van der Waals surface area (Å²) in [7, 11) is 0. The summed E-state index contributed by atoms with van der Waals surface area (Å²) in [6.45, 7) is 7.01. The average Bonchev–Trinajstić information content (AvgIpc) is 3.36. The Morgan fingerprint density at radius 1 is 1.28 bits per heavy atom. The van der Waals surface area contributed by atoms with Gasteiger partial charge in [0.25, 0.3) is 11.6 Å². The number of carbonyl (C=O) groups is 2. The van der Waals surface area contributed by atoms with Gasteiger partial charge in [-0.1, -0.05) is 6.92 Å². The molecule has 0 aromatic heterocycles. The number of halogens is 2. The van der Waals surface area contributed by atoms with Crippen LogP contribution in [0.1, 0.15) is 50.9 Å². The zero-order valence-electron chi connectivity index (χ0n) is 18.5. The van der Waals surface area contributed by atoms with Gasteiger partial charge < -0.3 is 20.3 Å². The quantitative estimate of drug-likeness (QED) is 0.519. The van der Waals surface area contributed by atoms with Gasteiger partial charge in [0.1, 0.15) is 23.3 Å². The van der Waals surface area contributed by atoms with Crippen LogP contribution in [0.25, 0.3) is 0 Å². The van der Waals surface area contributed by atoms with Gasteiger partial charge >= 0.3 is 6.09 Å². The maximum absolute atomic E-state index is 14.7. The molecule has 1 aliphatic heterocycles. The Morgan fingerprint density at radius 2 is 1.94 bits per heavy atom. The number of benzene rings is 1. The van der Waals surface area contributed by atoms with E-state index in [1.807, 2.05) is 6.92 Å². The number of ether oxygens (including phenoxy) is 1. The fraction of sp³-hybridized carbons (Fsp3) is 0.619. The number of anilines is 1. The number of rotatable bonds is 5. The summed E-state index contributed by atoms with van der Waals surface area (Å²) in [4.78, 5) is 37.0. The Balaban J connectivity index is 1.74. The minimum Gasteiger partial charge on any atom is -0.444 e. The molecule has 0 bridgehead atoms.